The van der Waals surface area contributed by atoms with Gasteiger partial charge in [-0.05, 0) is 60.2 Å². The fourth-order valence-corrected chi connectivity index (χ4v) is 3.14. The highest BCUT2D eigenvalue weighted by molar-refractivity contribution is 6.30. The Morgan fingerprint density at radius 1 is 0.897 bits per heavy atom. The molecule has 0 heterocycles. The lowest BCUT2D eigenvalue weighted by atomic mass is 10.0. The van der Waals surface area contributed by atoms with Crippen molar-refractivity contribution < 1.29 is 9.53 Å². The number of rotatable bonds is 4. The van der Waals surface area contributed by atoms with Gasteiger partial charge in [-0.2, -0.15) is 0 Å². The van der Waals surface area contributed by atoms with E-state index in [0.29, 0.717) is 16.3 Å². The lowest BCUT2D eigenvalue weighted by molar-refractivity contribution is 0.0735. The van der Waals surface area contributed by atoms with Crippen molar-refractivity contribution >= 4 is 40.2 Å². The van der Waals surface area contributed by atoms with Crippen LogP contribution in [0.1, 0.15) is 21.5 Å². The van der Waals surface area contributed by atoms with E-state index in [1.54, 1.807) is 36.5 Å². The first-order valence-electron chi connectivity index (χ1n) is 9.20. The van der Waals surface area contributed by atoms with Crippen LogP contribution in [-0.4, -0.2) is 12.2 Å². The monoisotopic (exact) mass is 399 g/mol. The normalized spacial score (nSPS) is 11.1. The highest BCUT2D eigenvalue weighted by atomic mass is 35.5. The van der Waals surface area contributed by atoms with E-state index < -0.39 is 5.97 Å². The highest BCUT2D eigenvalue weighted by Crippen LogP contribution is 2.28. The summed E-state index contributed by atoms with van der Waals surface area (Å²) in [6.45, 7) is 2.03. The lowest BCUT2D eigenvalue weighted by Crippen LogP contribution is -2.09. The maximum absolute atomic E-state index is 12.6. The second-order valence-corrected chi connectivity index (χ2v) is 7.13. The summed E-state index contributed by atoms with van der Waals surface area (Å²) < 4.78 is 5.71. The minimum atomic E-state index is -0.443. The third-order valence-electron chi connectivity index (χ3n) is 4.59. The van der Waals surface area contributed by atoms with Gasteiger partial charge >= 0.3 is 5.97 Å². The van der Waals surface area contributed by atoms with Crippen LogP contribution in [0.25, 0.3) is 10.8 Å². The van der Waals surface area contributed by atoms with Crippen LogP contribution in [0.4, 0.5) is 5.69 Å². The summed E-state index contributed by atoms with van der Waals surface area (Å²) in [6.07, 6.45) is 1.75. The van der Waals surface area contributed by atoms with Gasteiger partial charge in [0, 0.05) is 16.8 Å². The number of nitrogens with zero attached hydrogens (tertiary/aromatic N) is 1. The van der Waals surface area contributed by atoms with Gasteiger partial charge in [0.1, 0.15) is 5.75 Å². The Bertz CT molecular complexity index is 1200. The topological polar surface area (TPSA) is 38.7 Å². The zero-order chi connectivity index (χ0) is 20.2. The Hall–Kier alpha value is -3.43. The number of ether oxygens (including phenoxy) is 1. The van der Waals surface area contributed by atoms with Crippen molar-refractivity contribution in [3.05, 3.63) is 107 Å². The van der Waals surface area contributed by atoms with Crippen molar-refractivity contribution in [3.63, 3.8) is 0 Å². The second-order valence-electron chi connectivity index (χ2n) is 6.69. The van der Waals surface area contributed by atoms with Gasteiger partial charge in [-0.3, -0.25) is 4.99 Å². The highest BCUT2D eigenvalue weighted by Gasteiger charge is 2.13. The quantitative estimate of drug-likeness (QED) is 0.216. The molecule has 0 unspecified atom stereocenters. The van der Waals surface area contributed by atoms with E-state index in [-0.39, 0.29) is 0 Å². The molecule has 0 N–H and O–H groups in total. The fraction of sp³-hybridized carbons (Fsp3) is 0.0400. The lowest BCUT2D eigenvalue weighted by Gasteiger charge is -2.10. The summed E-state index contributed by atoms with van der Waals surface area (Å²) in [5, 5.41) is 2.58. The molecule has 0 aliphatic heterocycles. The molecule has 0 saturated carbocycles. The molecule has 142 valence electrons. The molecule has 29 heavy (non-hydrogen) atoms. The van der Waals surface area contributed by atoms with Crippen LogP contribution in [-0.2, 0) is 0 Å². The Labute approximate surface area is 174 Å². The van der Waals surface area contributed by atoms with Gasteiger partial charge in [0.15, 0.2) is 0 Å². The molecule has 0 radical (unpaired) electrons. The van der Waals surface area contributed by atoms with Gasteiger partial charge in [0.05, 0.1) is 11.3 Å². The molecule has 4 aromatic rings. The standard InChI is InChI=1S/C25H18ClNO2/c1-17-6-13-21(14-7-17)27-16-23-22-5-3-2-4-18(22)10-15-24(23)29-25(28)19-8-11-20(26)12-9-19/h2-16H,1H3. The van der Waals surface area contributed by atoms with E-state index in [4.69, 9.17) is 16.3 Å². The smallest absolute Gasteiger partial charge is 0.343 e. The van der Waals surface area contributed by atoms with Crippen LogP contribution >= 0.6 is 11.6 Å². The van der Waals surface area contributed by atoms with Crippen molar-refractivity contribution in [1.82, 2.24) is 0 Å². The summed E-state index contributed by atoms with van der Waals surface area (Å²) in [7, 11) is 0. The summed E-state index contributed by atoms with van der Waals surface area (Å²) in [5.41, 5.74) is 3.19. The Morgan fingerprint density at radius 3 is 2.38 bits per heavy atom. The number of hydrogen-bond donors (Lipinski definition) is 0. The predicted molar refractivity (Wildman–Crippen MR) is 119 cm³/mol. The molecule has 0 atom stereocenters. The molecule has 4 aromatic carbocycles. The third kappa shape index (κ3) is 4.36. The molecule has 0 aromatic heterocycles. The van der Waals surface area contributed by atoms with E-state index >= 15 is 0 Å². The maximum Gasteiger partial charge on any atom is 0.343 e. The van der Waals surface area contributed by atoms with Crippen molar-refractivity contribution in [2.75, 3.05) is 0 Å². The number of benzene rings is 4. The summed E-state index contributed by atoms with van der Waals surface area (Å²) in [4.78, 5) is 17.2. The molecule has 0 aliphatic carbocycles. The second kappa shape index (κ2) is 8.29. The van der Waals surface area contributed by atoms with E-state index in [9.17, 15) is 4.79 Å². The van der Waals surface area contributed by atoms with Crippen LogP contribution in [0.5, 0.6) is 5.75 Å². The number of fused-ring (bicyclic) bond motifs is 1. The average Bonchev–Trinajstić information content (AvgIpc) is 2.74. The predicted octanol–water partition coefficient (Wildman–Crippen LogP) is 6.77. The Morgan fingerprint density at radius 2 is 1.62 bits per heavy atom. The minimum Gasteiger partial charge on any atom is -0.422 e. The number of hydrogen-bond acceptors (Lipinski definition) is 3. The SMILES string of the molecule is Cc1ccc(N=Cc2c(OC(=O)c3ccc(Cl)cc3)ccc3ccccc23)cc1. The molecule has 0 spiro atoms. The molecule has 4 rings (SSSR count). The number of aryl methyl sites for hydroxylation is 1. The zero-order valence-electron chi connectivity index (χ0n) is 15.8. The summed E-state index contributed by atoms with van der Waals surface area (Å²) in [6, 6.07) is 26.2. The first-order valence-corrected chi connectivity index (χ1v) is 9.58. The minimum absolute atomic E-state index is 0.434. The van der Waals surface area contributed by atoms with E-state index in [2.05, 4.69) is 4.99 Å². The van der Waals surface area contributed by atoms with Gasteiger partial charge in [-0.25, -0.2) is 4.79 Å². The van der Waals surface area contributed by atoms with Crippen LogP contribution in [0, 0.1) is 6.92 Å². The molecular weight excluding hydrogens is 382 g/mol. The van der Waals surface area contributed by atoms with Crippen LogP contribution in [0.2, 0.25) is 5.02 Å². The first-order chi connectivity index (χ1) is 14.1. The molecule has 0 fully saturated rings. The average molecular weight is 400 g/mol. The summed E-state index contributed by atoms with van der Waals surface area (Å²) >= 11 is 5.91. The number of aliphatic imine (C=N–C) groups is 1. The molecule has 4 heteroatoms. The van der Waals surface area contributed by atoms with Gasteiger partial charge in [-0.15, -0.1) is 0 Å². The van der Waals surface area contributed by atoms with Gasteiger partial charge in [0.2, 0.25) is 0 Å². The largest absolute Gasteiger partial charge is 0.422 e. The van der Waals surface area contributed by atoms with Crippen molar-refractivity contribution in [2.45, 2.75) is 6.92 Å². The number of carbonyl (C=O) groups is 1. The number of carbonyl (C=O) groups excluding carboxylic acids is 1. The fourth-order valence-electron chi connectivity index (χ4n) is 3.01. The van der Waals surface area contributed by atoms with Crippen molar-refractivity contribution in [2.24, 2.45) is 4.99 Å². The maximum atomic E-state index is 12.6. The van der Waals surface area contributed by atoms with E-state index in [1.807, 2.05) is 61.5 Å². The molecule has 0 saturated heterocycles. The summed E-state index contributed by atoms with van der Waals surface area (Å²) in [5.74, 6) is 0.0152. The first kappa shape index (κ1) is 18.9. The number of esters is 1. The molecule has 3 nitrogen and oxygen atoms in total. The molecule has 0 aliphatic rings. The van der Waals surface area contributed by atoms with Gasteiger partial charge in [0.25, 0.3) is 0 Å². The van der Waals surface area contributed by atoms with Crippen LogP contribution in [0.15, 0.2) is 89.9 Å². The van der Waals surface area contributed by atoms with E-state index in [0.717, 1.165) is 22.0 Å². The Balaban J connectivity index is 1.73. The van der Waals surface area contributed by atoms with Gasteiger partial charge in [-0.1, -0.05) is 59.6 Å². The zero-order valence-corrected chi connectivity index (χ0v) is 16.6. The van der Waals surface area contributed by atoms with Crippen LogP contribution in [0.3, 0.4) is 0 Å². The number of halogens is 1. The van der Waals surface area contributed by atoms with E-state index in [1.165, 1.54) is 5.56 Å². The Kier molecular flexibility index (Phi) is 5.41. The van der Waals surface area contributed by atoms with Gasteiger partial charge < -0.3 is 4.74 Å². The molecule has 0 amide bonds. The molecule has 0 bridgehead atoms. The van der Waals surface area contributed by atoms with Crippen LogP contribution < -0.4 is 4.74 Å². The van der Waals surface area contributed by atoms with Crippen molar-refractivity contribution in [1.29, 1.82) is 0 Å². The molecular formula is C25H18ClNO2. The van der Waals surface area contributed by atoms with Crippen molar-refractivity contribution in [3.8, 4) is 5.75 Å². The third-order valence-corrected chi connectivity index (χ3v) is 4.84.